The van der Waals surface area contributed by atoms with E-state index in [0.717, 1.165) is 22.7 Å². The maximum Gasteiger partial charge on any atom is 0.247 e. The van der Waals surface area contributed by atoms with Gasteiger partial charge in [0.1, 0.15) is 0 Å². The summed E-state index contributed by atoms with van der Waals surface area (Å²) < 4.78 is 0. The van der Waals surface area contributed by atoms with Gasteiger partial charge in [0.2, 0.25) is 17.7 Å². The van der Waals surface area contributed by atoms with Gasteiger partial charge in [-0.1, -0.05) is 31.2 Å². The summed E-state index contributed by atoms with van der Waals surface area (Å²) in [6, 6.07) is 15.4. The van der Waals surface area contributed by atoms with Gasteiger partial charge in [0, 0.05) is 29.6 Å². The number of hydrogen-bond acceptors (Lipinski definition) is 4. The monoisotopic (exact) mass is 423 g/mol. The maximum absolute atomic E-state index is 13.0. The molecule has 0 aromatic heterocycles. The molecule has 4 rings (SSSR count). The van der Waals surface area contributed by atoms with E-state index in [1.54, 1.807) is 4.90 Å². The molecule has 7 heteroatoms. The molecule has 2 aromatic carbocycles. The summed E-state index contributed by atoms with van der Waals surface area (Å²) in [5.74, 6) is -0.595. The molecule has 0 aliphatic carbocycles. The fourth-order valence-electron chi connectivity index (χ4n) is 3.86. The first-order valence-electron chi connectivity index (χ1n) is 10.3. The van der Waals surface area contributed by atoms with Crippen molar-refractivity contribution in [1.29, 1.82) is 0 Å². The van der Waals surface area contributed by atoms with Gasteiger partial charge >= 0.3 is 0 Å². The van der Waals surface area contributed by atoms with Gasteiger partial charge in [-0.3, -0.25) is 14.4 Å². The van der Waals surface area contributed by atoms with Crippen molar-refractivity contribution in [1.82, 2.24) is 4.90 Å². The van der Waals surface area contributed by atoms with Crippen molar-refractivity contribution in [2.24, 2.45) is 5.92 Å². The summed E-state index contributed by atoms with van der Waals surface area (Å²) in [4.78, 5) is 40.6. The number of likely N-dealkylation sites (tertiary alicyclic amines) is 1. The molecule has 0 bridgehead atoms. The van der Waals surface area contributed by atoms with Crippen LogP contribution in [0.2, 0.25) is 0 Å². The van der Waals surface area contributed by atoms with Crippen LogP contribution in [0.25, 0.3) is 0 Å². The van der Waals surface area contributed by atoms with E-state index >= 15 is 0 Å². The summed E-state index contributed by atoms with van der Waals surface area (Å²) >= 11 is 1.30. The third kappa shape index (κ3) is 4.36. The first-order chi connectivity index (χ1) is 14.5. The zero-order valence-corrected chi connectivity index (χ0v) is 17.7. The first-order valence-corrected chi connectivity index (χ1v) is 11.2. The molecule has 30 heavy (non-hydrogen) atoms. The maximum atomic E-state index is 13.0. The van der Waals surface area contributed by atoms with Crippen LogP contribution in [0, 0.1) is 5.92 Å². The van der Waals surface area contributed by atoms with Gasteiger partial charge in [-0.05, 0) is 49.1 Å². The number of carbonyl (C=O) groups is 3. The topological polar surface area (TPSA) is 78.5 Å². The zero-order valence-electron chi connectivity index (χ0n) is 16.9. The summed E-state index contributed by atoms with van der Waals surface area (Å²) in [7, 11) is 0. The number of thioether (sulfide) groups is 1. The lowest BCUT2D eigenvalue weighted by molar-refractivity contribution is -0.136. The number of hydrogen-bond donors (Lipinski definition) is 2. The Morgan fingerprint density at radius 2 is 1.90 bits per heavy atom. The van der Waals surface area contributed by atoms with Crippen LogP contribution in [0.1, 0.15) is 25.3 Å². The van der Waals surface area contributed by atoms with Crippen molar-refractivity contribution in [2.75, 3.05) is 23.7 Å². The predicted molar refractivity (Wildman–Crippen MR) is 118 cm³/mol. The van der Waals surface area contributed by atoms with Gasteiger partial charge in [-0.2, -0.15) is 0 Å². The van der Waals surface area contributed by atoms with Crippen molar-refractivity contribution in [3.8, 4) is 0 Å². The minimum Gasteiger partial charge on any atom is -0.341 e. The van der Waals surface area contributed by atoms with Crippen LogP contribution < -0.4 is 10.6 Å². The molecule has 1 atom stereocenters. The second-order valence-electron chi connectivity index (χ2n) is 7.63. The Hall–Kier alpha value is -2.80. The van der Waals surface area contributed by atoms with Crippen LogP contribution in [-0.2, 0) is 20.8 Å². The number of nitrogens with zero attached hydrogens (tertiary/aromatic N) is 1. The van der Waals surface area contributed by atoms with Gasteiger partial charge in [-0.25, -0.2) is 0 Å². The zero-order chi connectivity index (χ0) is 21.1. The third-order valence-electron chi connectivity index (χ3n) is 5.63. The van der Waals surface area contributed by atoms with Crippen LogP contribution in [0.5, 0.6) is 0 Å². The third-order valence-corrected chi connectivity index (χ3v) is 6.89. The average molecular weight is 424 g/mol. The van der Waals surface area contributed by atoms with Crippen LogP contribution in [0.15, 0.2) is 53.4 Å². The fraction of sp³-hybridized carbons (Fsp3) is 0.348. The fourth-order valence-corrected chi connectivity index (χ4v) is 4.93. The molecule has 2 aliphatic heterocycles. The molecular weight excluding hydrogens is 398 g/mol. The molecule has 6 nitrogen and oxygen atoms in total. The van der Waals surface area contributed by atoms with Crippen molar-refractivity contribution in [3.63, 3.8) is 0 Å². The summed E-state index contributed by atoms with van der Waals surface area (Å²) in [6.07, 6.45) is 2.11. The number of amides is 3. The van der Waals surface area contributed by atoms with Gasteiger partial charge < -0.3 is 15.5 Å². The number of rotatable bonds is 4. The number of anilines is 2. The molecule has 0 radical (unpaired) electrons. The minimum absolute atomic E-state index is 0.00550. The van der Waals surface area contributed by atoms with Crippen LogP contribution in [0.4, 0.5) is 11.4 Å². The smallest absolute Gasteiger partial charge is 0.247 e. The highest BCUT2D eigenvalue weighted by Gasteiger charge is 2.37. The highest BCUT2D eigenvalue weighted by atomic mass is 32.2. The number of para-hydroxylation sites is 1. The van der Waals surface area contributed by atoms with Crippen LogP contribution in [0.3, 0.4) is 0 Å². The molecule has 156 valence electrons. The van der Waals surface area contributed by atoms with Crippen molar-refractivity contribution < 1.29 is 14.4 Å². The number of carbonyl (C=O) groups excluding carboxylic acids is 3. The van der Waals surface area contributed by atoms with E-state index in [9.17, 15) is 14.4 Å². The number of fused-ring (bicyclic) bond motifs is 1. The Bertz CT molecular complexity index is 970. The van der Waals surface area contributed by atoms with Crippen molar-refractivity contribution >= 4 is 40.9 Å². The average Bonchev–Trinajstić information content (AvgIpc) is 2.78. The standard InChI is InChI=1S/C23H25N3O3S/c1-2-15-6-5-7-17(14-15)24-21(27)16-10-12-26(13-11-16)23(29)20-22(28)25-18-8-3-4-9-19(18)30-20/h3-9,14,16,20H,2,10-13H2,1H3,(H,24,27)(H,25,28)/t20-/m0/s1. The van der Waals surface area contributed by atoms with E-state index in [1.807, 2.05) is 48.5 Å². The lowest BCUT2D eigenvalue weighted by Gasteiger charge is -2.34. The van der Waals surface area contributed by atoms with E-state index in [1.165, 1.54) is 17.3 Å². The molecule has 1 saturated heterocycles. The first kappa shape index (κ1) is 20.5. The molecule has 3 amide bonds. The van der Waals surface area contributed by atoms with E-state index < -0.39 is 5.25 Å². The van der Waals surface area contributed by atoms with E-state index in [2.05, 4.69) is 17.6 Å². The van der Waals surface area contributed by atoms with Gasteiger partial charge in [0.15, 0.2) is 5.25 Å². The molecule has 0 unspecified atom stereocenters. The Labute approximate surface area is 180 Å². The summed E-state index contributed by atoms with van der Waals surface area (Å²) in [5.41, 5.74) is 2.74. The van der Waals surface area contributed by atoms with Crippen molar-refractivity contribution in [2.45, 2.75) is 36.3 Å². The Morgan fingerprint density at radius 3 is 2.67 bits per heavy atom. The quantitative estimate of drug-likeness (QED) is 0.738. The Kier molecular flexibility index (Phi) is 6.08. The number of benzene rings is 2. The SMILES string of the molecule is CCc1cccc(NC(=O)C2CCN(C(=O)[C@H]3Sc4ccccc4NC3=O)CC2)c1. The molecule has 0 saturated carbocycles. The number of piperidine rings is 1. The van der Waals surface area contributed by atoms with Gasteiger partial charge in [0.25, 0.3) is 0 Å². The predicted octanol–water partition coefficient (Wildman–Crippen LogP) is 3.54. The number of aryl methyl sites for hydroxylation is 1. The van der Waals surface area contributed by atoms with Crippen LogP contribution >= 0.6 is 11.8 Å². The molecule has 1 fully saturated rings. The summed E-state index contributed by atoms with van der Waals surface area (Å²) in [5, 5.41) is 5.05. The molecule has 2 heterocycles. The van der Waals surface area contributed by atoms with Crippen LogP contribution in [-0.4, -0.2) is 41.0 Å². The largest absolute Gasteiger partial charge is 0.341 e. The molecule has 2 aromatic rings. The molecular formula is C23H25N3O3S. The molecule has 0 spiro atoms. The Balaban J connectivity index is 1.33. The normalized spacial score (nSPS) is 19.0. The number of nitrogens with one attached hydrogen (secondary N) is 2. The molecule has 2 aliphatic rings. The minimum atomic E-state index is -0.776. The second-order valence-corrected chi connectivity index (χ2v) is 8.77. The van der Waals surface area contributed by atoms with Gasteiger partial charge in [-0.15, -0.1) is 11.8 Å². The molecule has 2 N–H and O–H groups in total. The van der Waals surface area contributed by atoms with E-state index in [0.29, 0.717) is 25.9 Å². The van der Waals surface area contributed by atoms with Gasteiger partial charge in [0.05, 0.1) is 5.69 Å². The highest BCUT2D eigenvalue weighted by molar-refractivity contribution is 8.01. The van der Waals surface area contributed by atoms with Crippen molar-refractivity contribution in [3.05, 3.63) is 54.1 Å². The lowest BCUT2D eigenvalue weighted by atomic mass is 9.95. The second kappa shape index (κ2) is 8.92. The lowest BCUT2D eigenvalue weighted by Crippen LogP contribution is -2.48. The highest BCUT2D eigenvalue weighted by Crippen LogP contribution is 2.36. The van der Waals surface area contributed by atoms with E-state index in [4.69, 9.17) is 0 Å². The summed E-state index contributed by atoms with van der Waals surface area (Å²) in [6.45, 7) is 3.05. The Morgan fingerprint density at radius 1 is 1.13 bits per heavy atom. The van der Waals surface area contributed by atoms with E-state index in [-0.39, 0.29) is 23.6 Å².